The van der Waals surface area contributed by atoms with Crippen LogP contribution in [0.5, 0.6) is 0 Å². The minimum Gasteiger partial charge on any atom is -0.299 e. The quantitative estimate of drug-likeness (QED) is 0.469. The molecular formula is C17H32O2. The average Bonchev–Trinajstić information content (AvgIpc) is 2.35. The molecule has 0 aliphatic carbocycles. The second-order valence-electron chi connectivity index (χ2n) is 6.22. The van der Waals surface area contributed by atoms with Gasteiger partial charge in [0.15, 0.2) is 0 Å². The molecule has 0 aliphatic rings. The summed E-state index contributed by atoms with van der Waals surface area (Å²) in [5.74, 6) is 1.18. The second-order valence-corrected chi connectivity index (χ2v) is 6.22. The van der Waals surface area contributed by atoms with E-state index < -0.39 is 0 Å². The molecule has 112 valence electrons. The lowest BCUT2D eigenvalue weighted by Crippen LogP contribution is -2.06. The van der Waals surface area contributed by atoms with Gasteiger partial charge in [-0.05, 0) is 12.8 Å². The standard InChI is InChI=1S/C17H32O2/c1-14(2)16(18)12-10-8-6-5-7-9-11-13-17(19)15(3)4/h14-15H,5-13H2,1-4H3. The van der Waals surface area contributed by atoms with Gasteiger partial charge in [-0.1, -0.05) is 59.8 Å². The predicted molar refractivity (Wildman–Crippen MR) is 81.2 cm³/mol. The van der Waals surface area contributed by atoms with Gasteiger partial charge in [-0.2, -0.15) is 0 Å². The maximum atomic E-state index is 11.4. The van der Waals surface area contributed by atoms with Gasteiger partial charge in [0, 0.05) is 24.7 Å². The van der Waals surface area contributed by atoms with Gasteiger partial charge in [-0.3, -0.25) is 9.59 Å². The summed E-state index contributed by atoms with van der Waals surface area (Å²) in [5.41, 5.74) is 0. The molecule has 0 N–H and O–H groups in total. The van der Waals surface area contributed by atoms with Crippen LogP contribution in [0.3, 0.4) is 0 Å². The molecular weight excluding hydrogens is 236 g/mol. The number of carbonyl (C=O) groups is 2. The van der Waals surface area contributed by atoms with E-state index in [1.54, 1.807) is 0 Å². The predicted octanol–water partition coefficient (Wildman–Crippen LogP) is 4.95. The average molecular weight is 268 g/mol. The normalized spacial score (nSPS) is 11.3. The van der Waals surface area contributed by atoms with Gasteiger partial charge in [0.05, 0.1) is 0 Å². The Hall–Kier alpha value is -0.660. The van der Waals surface area contributed by atoms with Crippen LogP contribution in [0.25, 0.3) is 0 Å². The molecule has 0 aliphatic heterocycles. The van der Waals surface area contributed by atoms with Crippen molar-refractivity contribution in [2.24, 2.45) is 11.8 Å². The SMILES string of the molecule is CC(C)C(=O)CCCCCCCCCC(=O)C(C)C. The third-order valence-corrected chi connectivity index (χ3v) is 3.63. The van der Waals surface area contributed by atoms with E-state index in [9.17, 15) is 9.59 Å². The number of carbonyl (C=O) groups excluding carboxylic acids is 2. The summed E-state index contributed by atoms with van der Waals surface area (Å²) in [6.07, 6.45) is 9.62. The van der Waals surface area contributed by atoms with Gasteiger partial charge in [0.1, 0.15) is 11.6 Å². The first-order chi connectivity index (χ1) is 8.95. The fourth-order valence-corrected chi connectivity index (χ4v) is 2.06. The number of ketones is 2. The van der Waals surface area contributed by atoms with E-state index in [1.165, 1.54) is 32.1 Å². The van der Waals surface area contributed by atoms with Crippen LogP contribution in [0.1, 0.15) is 85.5 Å². The zero-order valence-corrected chi connectivity index (χ0v) is 13.3. The molecule has 0 bridgehead atoms. The van der Waals surface area contributed by atoms with Crippen molar-refractivity contribution in [2.75, 3.05) is 0 Å². The van der Waals surface area contributed by atoms with E-state index in [4.69, 9.17) is 0 Å². The number of hydrogen-bond acceptors (Lipinski definition) is 2. The highest BCUT2D eigenvalue weighted by Crippen LogP contribution is 2.12. The maximum Gasteiger partial charge on any atom is 0.135 e. The molecule has 0 saturated heterocycles. The summed E-state index contributed by atoms with van der Waals surface area (Å²) in [6, 6.07) is 0. The minimum atomic E-state index is 0.193. The molecule has 0 aromatic heterocycles. The molecule has 0 aromatic rings. The molecule has 0 heterocycles. The third kappa shape index (κ3) is 10.9. The molecule has 0 fully saturated rings. The van der Waals surface area contributed by atoms with E-state index in [0.29, 0.717) is 11.6 Å². The topological polar surface area (TPSA) is 34.1 Å². The van der Waals surface area contributed by atoms with Crippen LogP contribution in [0.2, 0.25) is 0 Å². The van der Waals surface area contributed by atoms with Gasteiger partial charge >= 0.3 is 0 Å². The van der Waals surface area contributed by atoms with E-state index >= 15 is 0 Å². The monoisotopic (exact) mass is 268 g/mol. The van der Waals surface area contributed by atoms with Crippen molar-refractivity contribution < 1.29 is 9.59 Å². The number of rotatable bonds is 12. The van der Waals surface area contributed by atoms with Crippen molar-refractivity contribution in [3.05, 3.63) is 0 Å². The van der Waals surface area contributed by atoms with Gasteiger partial charge in [0.2, 0.25) is 0 Å². The largest absolute Gasteiger partial charge is 0.299 e. The number of hydrogen-bond donors (Lipinski definition) is 0. The molecule has 0 unspecified atom stereocenters. The summed E-state index contributed by atoms with van der Waals surface area (Å²) >= 11 is 0. The first-order valence-corrected chi connectivity index (χ1v) is 8.00. The Balaban J connectivity index is 3.24. The van der Waals surface area contributed by atoms with Gasteiger partial charge in [-0.25, -0.2) is 0 Å². The summed E-state index contributed by atoms with van der Waals surface area (Å²) in [6.45, 7) is 7.89. The van der Waals surface area contributed by atoms with E-state index in [0.717, 1.165) is 25.7 Å². The molecule has 0 radical (unpaired) electrons. The molecule has 0 rings (SSSR count). The lowest BCUT2D eigenvalue weighted by molar-refractivity contribution is -0.122. The third-order valence-electron chi connectivity index (χ3n) is 3.63. The van der Waals surface area contributed by atoms with Crippen molar-refractivity contribution in [1.82, 2.24) is 0 Å². The van der Waals surface area contributed by atoms with Crippen molar-refractivity contribution in [3.8, 4) is 0 Å². The Morgan fingerprint density at radius 3 is 1.11 bits per heavy atom. The smallest absolute Gasteiger partial charge is 0.135 e. The molecule has 0 atom stereocenters. The van der Waals surface area contributed by atoms with Crippen LogP contribution in [-0.4, -0.2) is 11.6 Å². The lowest BCUT2D eigenvalue weighted by Gasteiger charge is -2.05. The molecule has 0 saturated carbocycles. The van der Waals surface area contributed by atoms with Crippen LogP contribution in [0.4, 0.5) is 0 Å². The second kappa shape index (κ2) is 11.2. The fraction of sp³-hybridized carbons (Fsp3) is 0.882. The molecule has 2 heteroatoms. The zero-order valence-electron chi connectivity index (χ0n) is 13.3. The van der Waals surface area contributed by atoms with Crippen LogP contribution >= 0.6 is 0 Å². The summed E-state index contributed by atoms with van der Waals surface area (Å²) in [5, 5.41) is 0. The number of Topliss-reactive ketones (excluding diaryl/α,β-unsaturated/α-hetero) is 2. The Kier molecular flexibility index (Phi) is 10.8. The molecule has 19 heavy (non-hydrogen) atoms. The lowest BCUT2D eigenvalue weighted by atomic mass is 10.00. The summed E-state index contributed by atoms with van der Waals surface area (Å²) < 4.78 is 0. The van der Waals surface area contributed by atoms with E-state index in [2.05, 4.69) is 0 Å². The van der Waals surface area contributed by atoms with Crippen LogP contribution in [0.15, 0.2) is 0 Å². The maximum absolute atomic E-state index is 11.4. The van der Waals surface area contributed by atoms with Gasteiger partial charge in [-0.15, -0.1) is 0 Å². The Morgan fingerprint density at radius 1 is 0.579 bits per heavy atom. The minimum absolute atomic E-state index is 0.193. The Labute approximate surface area is 119 Å². The van der Waals surface area contributed by atoms with Crippen LogP contribution < -0.4 is 0 Å². The summed E-state index contributed by atoms with van der Waals surface area (Å²) in [4.78, 5) is 22.8. The Bertz CT molecular complexity index is 228. The first kappa shape index (κ1) is 18.3. The molecule has 0 amide bonds. The zero-order chi connectivity index (χ0) is 14.7. The molecule has 0 aromatic carbocycles. The van der Waals surface area contributed by atoms with Gasteiger partial charge in [0.25, 0.3) is 0 Å². The van der Waals surface area contributed by atoms with Crippen molar-refractivity contribution in [2.45, 2.75) is 85.5 Å². The fourth-order valence-electron chi connectivity index (χ4n) is 2.06. The van der Waals surface area contributed by atoms with Gasteiger partial charge < -0.3 is 0 Å². The first-order valence-electron chi connectivity index (χ1n) is 8.00. The van der Waals surface area contributed by atoms with Crippen molar-refractivity contribution in [3.63, 3.8) is 0 Å². The molecule has 0 spiro atoms. The highest BCUT2D eigenvalue weighted by atomic mass is 16.1. The Morgan fingerprint density at radius 2 is 0.842 bits per heavy atom. The van der Waals surface area contributed by atoms with E-state index in [-0.39, 0.29) is 11.8 Å². The number of unbranched alkanes of at least 4 members (excludes halogenated alkanes) is 6. The van der Waals surface area contributed by atoms with Crippen LogP contribution in [-0.2, 0) is 9.59 Å². The highest BCUT2D eigenvalue weighted by molar-refractivity contribution is 5.80. The van der Waals surface area contributed by atoms with Crippen LogP contribution in [0, 0.1) is 11.8 Å². The van der Waals surface area contributed by atoms with E-state index in [1.807, 2.05) is 27.7 Å². The highest BCUT2D eigenvalue weighted by Gasteiger charge is 2.07. The molecule has 2 nitrogen and oxygen atoms in total. The van der Waals surface area contributed by atoms with Crippen molar-refractivity contribution >= 4 is 11.6 Å². The van der Waals surface area contributed by atoms with Crippen molar-refractivity contribution in [1.29, 1.82) is 0 Å². The summed E-state index contributed by atoms with van der Waals surface area (Å²) in [7, 11) is 0.